The summed E-state index contributed by atoms with van der Waals surface area (Å²) in [5.74, 6) is 2.84. The molecule has 0 spiro atoms. The highest BCUT2D eigenvalue weighted by atomic mass is 16.6. The summed E-state index contributed by atoms with van der Waals surface area (Å²) in [5, 5.41) is 14.2. The van der Waals surface area contributed by atoms with E-state index >= 15 is 0 Å². The number of carbonyl (C=O) groups excluding carboxylic acids is 1. The molecule has 5 heterocycles. The lowest BCUT2D eigenvalue weighted by molar-refractivity contribution is 0.00682. The fraction of sp³-hybridized carbons (Fsp3) is 0.667. The molecule has 5 rings (SSSR count). The van der Waals surface area contributed by atoms with Gasteiger partial charge in [-0.1, -0.05) is 0 Å². The van der Waals surface area contributed by atoms with Crippen molar-refractivity contribution in [3.8, 4) is 0 Å². The summed E-state index contributed by atoms with van der Waals surface area (Å²) in [6.45, 7) is 10.5. The molecular formula is C24H36N8O3. The van der Waals surface area contributed by atoms with E-state index < -0.39 is 5.60 Å². The Morgan fingerprint density at radius 3 is 2.40 bits per heavy atom. The van der Waals surface area contributed by atoms with Gasteiger partial charge in [0.15, 0.2) is 5.82 Å². The molecule has 2 aromatic heterocycles. The average molecular weight is 485 g/mol. The molecule has 2 atom stereocenters. The van der Waals surface area contributed by atoms with E-state index in [1.54, 1.807) is 0 Å². The van der Waals surface area contributed by atoms with Gasteiger partial charge < -0.3 is 29.9 Å². The maximum Gasteiger partial charge on any atom is 0.410 e. The Balaban J connectivity index is 1.32. The van der Waals surface area contributed by atoms with Crippen LogP contribution in [-0.2, 0) is 9.47 Å². The quantitative estimate of drug-likeness (QED) is 0.586. The van der Waals surface area contributed by atoms with Crippen molar-refractivity contribution in [2.75, 3.05) is 41.8 Å². The molecule has 3 N–H and O–H groups in total. The topological polar surface area (TPSA) is 121 Å². The second-order valence-corrected chi connectivity index (χ2v) is 10.7. The lowest BCUT2D eigenvalue weighted by Crippen LogP contribution is -2.51. The number of fused-ring (bicyclic) bond motifs is 2. The monoisotopic (exact) mass is 484 g/mol. The average Bonchev–Trinajstić information content (AvgIpc) is 3.32. The van der Waals surface area contributed by atoms with Crippen molar-refractivity contribution in [3.63, 3.8) is 0 Å². The number of morpholine rings is 1. The largest absolute Gasteiger partial charge is 0.444 e. The first kappa shape index (κ1) is 23.7. The highest BCUT2D eigenvalue weighted by Gasteiger charge is 2.45. The lowest BCUT2D eigenvalue weighted by Gasteiger charge is -2.39. The summed E-state index contributed by atoms with van der Waals surface area (Å²) < 4.78 is 11.2. The minimum absolute atomic E-state index is 0.186. The molecule has 2 bridgehead atoms. The number of aryl methyl sites for hydroxylation is 1. The van der Waals surface area contributed by atoms with Gasteiger partial charge in [-0.05, 0) is 53.4 Å². The van der Waals surface area contributed by atoms with Gasteiger partial charge in [0.05, 0.1) is 13.2 Å². The van der Waals surface area contributed by atoms with Crippen molar-refractivity contribution >= 4 is 29.5 Å². The Labute approximate surface area is 206 Å². The van der Waals surface area contributed by atoms with E-state index in [2.05, 4.69) is 25.7 Å². The molecule has 0 aromatic carbocycles. The zero-order valence-electron chi connectivity index (χ0n) is 21.0. The fourth-order valence-electron chi connectivity index (χ4n) is 5.21. The zero-order valence-corrected chi connectivity index (χ0v) is 21.0. The molecule has 3 aliphatic heterocycles. The number of nitrogens with one attached hydrogen (secondary N) is 3. The van der Waals surface area contributed by atoms with Gasteiger partial charge in [-0.15, -0.1) is 0 Å². The molecule has 2 unspecified atom stereocenters. The molecule has 1 amide bonds. The maximum absolute atomic E-state index is 12.8. The summed E-state index contributed by atoms with van der Waals surface area (Å²) >= 11 is 0. The summed E-state index contributed by atoms with van der Waals surface area (Å²) in [7, 11) is 0. The van der Waals surface area contributed by atoms with Crippen LogP contribution in [0, 0.1) is 6.92 Å². The number of amides is 1. The Bertz CT molecular complexity index is 1030. The van der Waals surface area contributed by atoms with Crippen LogP contribution in [0.3, 0.4) is 0 Å². The van der Waals surface area contributed by atoms with E-state index in [9.17, 15) is 4.79 Å². The van der Waals surface area contributed by atoms with Gasteiger partial charge >= 0.3 is 6.09 Å². The number of H-pyrrole nitrogens is 1. The number of hydrogen-bond donors (Lipinski definition) is 3. The number of aromatic amines is 1. The molecular weight excluding hydrogens is 448 g/mol. The summed E-state index contributed by atoms with van der Waals surface area (Å²) in [6, 6.07) is 4.46. The molecule has 3 fully saturated rings. The summed E-state index contributed by atoms with van der Waals surface area (Å²) in [6.07, 6.45) is 3.56. The van der Waals surface area contributed by atoms with E-state index in [1.165, 1.54) is 0 Å². The first-order chi connectivity index (χ1) is 16.7. The van der Waals surface area contributed by atoms with Gasteiger partial charge in [0.2, 0.25) is 5.95 Å². The van der Waals surface area contributed by atoms with Crippen LogP contribution in [0.2, 0.25) is 0 Å². The summed E-state index contributed by atoms with van der Waals surface area (Å²) in [5.41, 5.74) is 0.485. The minimum atomic E-state index is -0.487. The molecule has 0 radical (unpaired) electrons. The van der Waals surface area contributed by atoms with Crippen LogP contribution in [0.5, 0.6) is 0 Å². The third kappa shape index (κ3) is 5.61. The van der Waals surface area contributed by atoms with E-state index in [4.69, 9.17) is 19.4 Å². The van der Waals surface area contributed by atoms with Gasteiger partial charge in [0.25, 0.3) is 0 Å². The number of piperidine rings is 1. The highest BCUT2D eigenvalue weighted by Crippen LogP contribution is 2.38. The van der Waals surface area contributed by atoms with Crippen LogP contribution in [0.15, 0.2) is 12.1 Å². The number of hydrogen-bond acceptors (Lipinski definition) is 9. The van der Waals surface area contributed by atoms with Gasteiger partial charge in [-0.2, -0.15) is 15.1 Å². The molecule has 3 saturated heterocycles. The van der Waals surface area contributed by atoms with Crippen LogP contribution in [-0.4, -0.2) is 81.2 Å². The van der Waals surface area contributed by atoms with Crippen LogP contribution in [0.4, 0.5) is 28.2 Å². The van der Waals surface area contributed by atoms with E-state index in [0.717, 1.165) is 50.3 Å². The molecule has 0 aliphatic carbocycles. The molecule has 3 aliphatic rings. The van der Waals surface area contributed by atoms with Gasteiger partial charge in [-0.3, -0.25) is 5.10 Å². The second-order valence-electron chi connectivity index (χ2n) is 10.7. The van der Waals surface area contributed by atoms with Crippen molar-refractivity contribution < 1.29 is 14.3 Å². The van der Waals surface area contributed by atoms with Gasteiger partial charge in [0, 0.05) is 49.0 Å². The molecule has 35 heavy (non-hydrogen) atoms. The first-order valence-electron chi connectivity index (χ1n) is 12.5. The fourth-order valence-corrected chi connectivity index (χ4v) is 5.21. The Hall–Kier alpha value is -3.08. The van der Waals surface area contributed by atoms with Crippen LogP contribution >= 0.6 is 0 Å². The first-order valence-corrected chi connectivity index (χ1v) is 12.5. The number of aromatic nitrogens is 4. The van der Waals surface area contributed by atoms with Gasteiger partial charge in [-0.25, -0.2) is 4.79 Å². The van der Waals surface area contributed by atoms with Crippen molar-refractivity contribution in [1.29, 1.82) is 0 Å². The normalized spacial score (nSPS) is 24.4. The Kier molecular flexibility index (Phi) is 6.43. The van der Waals surface area contributed by atoms with Crippen LogP contribution < -0.4 is 15.5 Å². The number of anilines is 4. The van der Waals surface area contributed by atoms with Crippen molar-refractivity contribution in [3.05, 3.63) is 17.8 Å². The second kappa shape index (κ2) is 9.52. The molecule has 11 heteroatoms. The lowest BCUT2D eigenvalue weighted by atomic mass is 9.97. The van der Waals surface area contributed by atoms with Crippen molar-refractivity contribution in [2.45, 2.75) is 77.1 Å². The van der Waals surface area contributed by atoms with E-state index in [1.807, 2.05) is 44.7 Å². The van der Waals surface area contributed by atoms with E-state index in [0.29, 0.717) is 30.8 Å². The molecule has 190 valence electrons. The summed E-state index contributed by atoms with van der Waals surface area (Å²) in [4.78, 5) is 26.5. The third-order valence-corrected chi connectivity index (χ3v) is 6.66. The maximum atomic E-state index is 12.8. The zero-order chi connectivity index (χ0) is 24.6. The smallest absolute Gasteiger partial charge is 0.410 e. The van der Waals surface area contributed by atoms with Crippen molar-refractivity contribution in [2.24, 2.45) is 0 Å². The molecule has 11 nitrogen and oxygen atoms in total. The van der Waals surface area contributed by atoms with E-state index in [-0.39, 0.29) is 24.2 Å². The van der Waals surface area contributed by atoms with Crippen LogP contribution in [0.1, 0.15) is 52.1 Å². The predicted molar refractivity (Wildman–Crippen MR) is 133 cm³/mol. The number of ether oxygens (including phenoxy) is 2. The number of carbonyl (C=O) groups is 1. The predicted octanol–water partition coefficient (Wildman–Crippen LogP) is 3.43. The SMILES string of the molecule is Cc1cc(Nc2cc(NC3CC4CCC(C3)N4C(=O)OC(C)(C)C)nc(N3CCOCC3)n2)n[nH]1. The number of nitrogens with zero attached hydrogens (tertiary/aromatic N) is 5. The number of rotatable bonds is 5. The van der Waals surface area contributed by atoms with Crippen LogP contribution in [0.25, 0.3) is 0 Å². The highest BCUT2D eigenvalue weighted by molar-refractivity contribution is 5.70. The Morgan fingerprint density at radius 1 is 1.09 bits per heavy atom. The van der Waals surface area contributed by atoms with Gasteiger partial charge in [0.1, 0.15) is 17.2 Å². The molecule has 0 saturated carbocycles. The van der Waals surface area contributed by atoms with Crippen molar-refractivity contribution in [1.82, 2.24) is 25.1 Å². The molecule has 2 aromatic rings. The Morgan fingerprint density at radius 2 is 1.77 bits per heavy atom. The standard InChI is InChI=1S/C24H36N8O3/c1-15-11-21(30-29-15)26-20-14-19(27-22(28-20)31-7-9-34-10-8-31)25-16-12-17-5-6-18(13-16)32(17)23(33)35-24(2,3)4/h11,14,16-18H,5-10,12-13H2,1-4H3,(H3,25,26,27,28,29,30). The third-order valence-electron chi connectivity index (χ3n) is 6.66. The minimum Gasteiger partial charge on any atom is -0.444 e.